The average molecular weight is 218 g/mol. The molecular weight excluding hydrogens is 200 g/mol. The molecule has 0 bridgehead atoms. The van der Waals surface area contributed by atoms with E-state index in [0.717, 1.165) is 0 Å². The first-order chi connectivity index (χ1) is 7.48. The first-order valence-electron chi connectivity index (χ1n) is 5.62. The number of hydrogen-bond donors (Lipinski definition) is 1. The molecule has 0 saturated carbocycles. The average Bonchev–Trinajstić information content (AvgIpc) is 2.61. The molecule has 0 spiro atoms. The van der Waals surface area contributed by atoms with E-state index in [1.165, 1.54) is 5.56 Å². The van der Waals surface area contributed by atoms with E-state index in [0.29, 0.717) is 6.42 Å². The molecule has 3 heteroatoms. The first kappa shape index (κ1) is 11.1. The maximum atomic E-state index is 11.9. The van der Waals surface area contributed by atoms with Crippen LogP contribution in [0.4, 0.5) is 0 Å². The number of nitrogens with zero attached hydrogens (tertiary/aromatic N) is 1. The summed E-state index contributed by atoms with van der Waals surface area (Å²) in [6.07, 6.45) is 0.543. The molecule has 1 N–H and O–H groups in total. The van der Waals surface area contributed by atoms with Gasteiger partial charge in [-0.25, -0.2) is 5.43 Å². The Hall–Kier alpha value is -1.35. The summed E-state index contributed by atoms with van der Waals surface area (Å²) < 4.78 is 0. The van der Waals surface area contributed by atoms with Crippen LogP contribution in [-0.4, -0.2) is 16.5 Å². The van der Waals surface area contributed by atoms with Crippen LogP contribution in [0, 0.1) is 0 Å². The molecule has 1 atom stereocenters. The van der Waals surface area contributed by atoms with Gasteiger partial charge in [-0.3, -0.25) is 9.80 Å². The van der Waals surface area contributed by atoms with Crippen molar-refractivity contribution in [1.82, 2.24) is 10.4 Å². The number of hydrazine groups is 1. The minimum atomic E-state index is -0.166. The van der Waals surface area contributed by atoms with E-state index >= 15 is 0 Å². The molecule has 1 saturated heterocycles. The monoisotopic (exact) mass is 218 g/mol. The van der Waals surface area contributed by atoms with Gasteiger partial charge in [0.2, 0.25) is 5.91 Å². The molecule has 0 aliphatic carbocycles. The lowest BCUT2D eigenvalue weighted by Gasteiger charge is -2.32. The topological polar surface area (TPSA) is 32.3 Å². The molecular formula is C13H18N2O. The van der Waals surface area contributed by atoms with E-state index in [-0.39, 0.29) is 17.5 Å². The smallest absolute Gasteiger partial charge is 0.239 e. The van der Waals surface area contributed by atoms with Gasteiger partial charge in [-0.15, -0.1) is 0 Å². The van der Waals surface area contributed by atoms with Crippen LogP contribution in [0.15, 0.2) is 30.3 Å². The van der Waals surface area contributed by atoms with Crippen LogP contribution < -0.4 is 5.43 Å². The predicted molar refractivity (Wildman–Crippen MR) is 63.5 cm³/mol. The van der Waals surface area contributed by atoms with Crippen LogP contribution in [0.25, 0.3) is 0 Å². The van der Waals surface area contributed by atoms with Gasteiger partial charge in [-0.2, -0.15) is 0 Å². The number of carbonyl (C=O) groups excluding carboxylic acids is 1. The van der Waals surface area contributed by atoms with Gasteiger partial charge in [0.15, 0.2) is 0 Å². The number of carbonyl (C=O) groups is 1. The zero-order valence-electron chi connectivity index (χ0n) is 10.0. The second kappa shape index (κ2) is 3.91. The van der Waals surface area contributed by atoms with Gasteiger partial charge < -0.3 is 0 Å². The van der Waals surface area contributed by atoms with Crippen molar-refractivity contribution < 1.29 is 4.79 Å². The van der Waals surface area contributed by atoms with E-state index < -0.39 is 0 Å². The van der Waals surface area contributed by atoms with E-state index in [1.807, 2.05) is 39.0 Å². The molecule has 1 aliphatic rings. The molecule has 0 radical (unpaired) electrons. The number of nitrogens with one attached hydrogen (secondary N) is 1. The lowest BCUT2D eigenvalue weighted by atomic mass is 10.1. The molecule has 86 valence electrons. The summed E-state index contributed by atoms with van der Waals surface area (Å²) in [4.78, 5) is 11.9. The minimum Gasteiger partial charge on any atom is -0.273 e. The highest BCUT2D eigenvalue weighted by molar-refractivity contribution is 5.79. The third kappa shape index (κ3) is 2.09. The molecule has 2 rings (SSSR count). The van der Waals surface area contributed by atoms with Gasteiger partial charge in [0.1, 0.15) is 0 Å². The second-order valence-corrected chi connectivity index (χ2v) is 5.20. The van der Waals surface area contributed by atoms with Crippen molar-refractivity contribution in [1.29, 1.82) is 0 Å². The van der Waals surface area contributed by atoms with Crippen molar-refractivity contribution in [2.75, 3.05) is 0 Å². The molecule has 1 amide bonds. The predicted octanol–water partition coefficient (Wildman–Crippen LogP) is 2.26. The van der Waals surface area contributed by atoms with E-state index in [4.69, 9.17) is 0 Å². The Kier molecular flexibility index (Phi) is 2.72. The molecule has 16 heavy (non-hydrogen) atoms. The molecule has 1 aromatic rings. The molecule has 1 heterocycles. The summed E-state index contributed by atoms with van der Waals surface area (Å²) in [5, 5.41) is 1.74. The van der Waals surface area contributed by atoms with Crippen molar-refractivity contribution in [3.05, 3.63) is 35.9 Å². The molecule has 3 nitrogen and oxygen atoms in total. The van der Waals surface area contributed by atoms with E-state index in [9.17, 15) is 4.79 Å². The van der Waals surface area contributed by atoms with Crippen molar-refractivity contribution in [2.45, 2.75) is 38.8 Å². The van der Waals surface area contributed by atoms with E-state index in [2.05, 4.69) is 17.6 Å². The SMILES string of the molecule is CC(C)(C)N1NC(c2ccccc2)CC1=O. The van der Waals surface area contributed by atoms with Crippen molar-refractivity contribution in [2.24, 2.45) is 0 Å². The summed E-state index contributed by atoms with van der Waals surface area (Å²) in [5.74, 6) is 0.168. The van der Waals surface area contributed by atoms with E-state index in [1.54, 1.807) is 5.01 Å². The highest BCUT2D eigenvalue weighted by Crippen LogP contribution is 2.27. The Bertz CT molecular complexity index is 381. The van der Waals surface area contributed by atoms with Gasteiger partial charge in [0, 0.05) is 6.42 Å². The van der Waals surface area contributed by atoms with Gasteiger partial charge >= 0.3 is 0 Å². The maximum Gasteiger partial charge on any atom is 0.239 e. The van der Waals surface area contributed by atoms with Crippen molar-refractivity contribution in [3.63, 3.8) is 0 Å². The largest absolute Gasteiger partial charge is 0.273 e. The van der Waals surface area contributed by atoms with Crippen LogP contribution in [0.3, 0.4) is 0 Å². The molecule has 1 unspecified atom stereocenters. The van der Waals surface area contributed by atoms with Gasteiger partial charge in [0.05, 0.1) is 11.6 Å². The summed E-state index contributed by atoms with van der Waals surface area (Å²) in [7, 11) is 0. The number of rotatable bonds is 1. The normalized spacial score (nSPS) is 21.6. The Labute approximate surface area is 96.4 Å². The highest BCUT2D eigenvalue weighted by atomic mass is 16.2. The Balaban J connectivity index is 2.16. The fourth-order valence-corrected chi connectivity index (χ4v) is 1.98. The quantitative estimate of drug-likeness (QED) is 0.784. The molecule has 1 aromatic carbocycles. The summed E-state index contributed by atoms with van der Waals surface area (Å²) in [6, 6.07) is 10.2. The highest BCUT2D eigenvalue weighted by Gasteiger charge is 2.36. The fourth-order valence-electron chi connectivity index (χ4n) is 1.98. The number of benzene rings is 1. The number of amides is 1. The third-order valence-corrected chi connectivity index (χ3v) is 2.79. The fraction of sp³-hybridized carbons (Fsp3) is 0.462. The minimum absolute atomic E-state index is 0.118. The number of hydrogen-bond acceptors (Lipinski definition) is 2. The summed E-state index contributed by atoms with van der Waals surface area (Å²) in [5.41, 5.74) is 4.28. The molecule has 0 aromatic heterocycles. The molecule has 1 aliphatic heterocycles. The van der Waals surface area contributed by atoms with Crippen LogP contribution in [0.5, 0.6) is 0 Å². The van der Waals surface area contributed by atoms with Crippen LogP contribution in [0.1, 0.15) is 38.8 Å². The van der Waals surface area contributed by atoms with Gasteiger partial charge in [-0.05, 0) is 26.3 Å². The van der Waals surface area contributed by atoms with Crippen molar-refractivity contribution >= 4 is 5.91 Å². The van der Waals surface area contributed by atoms with Gasteiger partial charge in [0.25, 0.3) is 0 Å². The Morgan fingerprint density at radius 3 is 2.38 bits per heavy atom. The lowest BCUT2D eigenvalue weighted by molar-refractivity contribution is -0.134. The maximum absolute atomic E-state index is 11.9. The zero-order chi connectivity index (χ0) is 11.8. The van der Waals surface area contributed by atoms with Crippen LogP contribution in [-0.2, 0) is 4.79 Å². The van der Waals surface area contributed by atoms with Crippen LogP contribution >= 0.6 is 0 Å². The van der Waals surface area contributed by atoms with Crippen molar-refractivity contribution in [3.8, 4) is 0 Å². The standard InChI is InChI=1S/C13H18N2O/c1-13(2,3)15-12(16)9-11(14-15)10-7-5-4-6-8-10/h4-8,11,14H,9H2,1-3H3. The molecule has 1 fully saturated rings. The van der Waals surface area contributed by atoms with Gasteiger partial charge in [-0.1, -0.05) is 30.3 Å². The first-order valence-corrected chi connectivity index (χ1v) is 5.62. The lowest BCUT2D eigenvalue weighted by Crippen LogP contribution is -2.48. The van der Waals surface area contributed by atoms with Crippen LogP contribution in [0.2, 0.25) is 0 Å². The summed E-state index contributed by atoms with van der Waals surface area (Å²) >= 11 is 0. The summed E-state index contributed by atoms with van der Waals surface area (Å²) in [6.45, 7) is 6.10. The second-order valence-electron chi connectivity index (χ2n) is 5.20. The Morgan fingerprint density at radius 1 is 1.25 bits per heavy atom. The third-order valence-electron chi connectivity index (χ3n) is 2.79. The Morgan fingerprint density at radius 2 is 1.88 bits per heavy atom. The zero-order valence-corrected chi connectivity index (χ0v) is 10.0.